The maximum absolute atomic E-state index is 13.3. The average Bonchev–Trinajstić information content (AvgIpc) is 3.08. The molecule has 4 rings (SSSR count). The summed E-state index contributed by atoms with van der Waals surface area (Å²) < 4.78 is 30.6. The second-order valence-corrected chi connectivity index (χ2v) is 6.04. The van der Waals surface area contributed by atoms with E-state index in [2.05, 4.69) is 9.97 Å². The van der Waals surface area contributed by atoms with Gasteiger partial charge in [0, 0.05) is 13.5 Å². The summed E-state index contributed by atoms with van der Waals surface area (Å²) in [5.74, 6) is 1.84. The molecule has 128 valence electrons. The highest BCUT2D eigenvalue weighted by atomic mass is 19.2. The number of rotatable bonds is 3. The maximum Gasteiger partial charge on any atom is 0.186 e. The van der Waals surface area contributed by atoms with E-state index in [1.165, 1.54) is 0 Å². The Hall–Kier alpha value is -2.35. The third kappa shape index (κ3) is 2.47. The minimum Gasteiger partial charge on any atom is -0.486 e. The molecular formula is C16H19FN4O3. The molecular weight excluding hydrogens is 315 g/mol. The van der Waals surface area contributed by atoms with Crippen molar-refractivity contribution in [2.24, 2.45) is 0 Å². The molecule has 7 nitrogen and oxygen atoms in total. The zero-order chi connectivity index (χ0) is 16.7. The fourth-order valence-electron chi connectivity index (χ4n) is 3.15. The van der Waals surface area contributed by atoms with Gasteiger partial charge in [0.2, 0.25) is 0 Å². The van der Waals surface area contributed by atoms with Crippen molar-refractivity contribution < 1.29 is 18.7 Å². The van der Waals surface area contributed by atoms with Crippen molar-refractivity contribution in [3.8, 4) is 11.5 Å². The summed E-state index contributed by atoms with van der Waals surface area (Å²) in [6.07, 6.45) is 0.789. The second kappa shape index (κ2) is 5.94. The molecule has 1 aromatic carbocycles. The van der Waals surface area contributed by atoms with Crippen molar-refractivity contribution in [2.45, 2.75) is 19.4 Å². The molecule has 2 aromatic rings. The number of hydrogen-bond acceptors (Lipinski definition) is 7. The minimum atomic E-state index is -0.0319. The molecule has 2 aliphatic heterocycles. The highest BCUT2D eigenvalue weighted by molar-refractivity contribution is 6.02. The van der Waals surface area contributed by atoms with Crippen molar-refractivity contribution >= 4 is 22.4 Å². The van der Waals surface area contributed by atoms with E-state index >= 15 is 0 Å². The van der Waals surface area contributed by atoms with Crippen LogP contribution < -0.4 is 19.9 Å². The van der Waals surface area contributed by atoms with Gasteiger partial charge in [-0.2, -0.15) is 0 Å². The lowest BCUT2D eigenvalue weighted by atomic mass is 10.1. The van der Waals surface area contributed by atoms with E-state index in [0.29, 0.717) is 48.0 Å². The van der Waals surface area contributed by atoms with E-state index in [0.717, 1.165) is 18.7 Å². The Morgan fingerprint density at radius 1 is 1.38 bits per heavy atom. The normalized spacial score (nSPS) is 20.0. The molecule has 0 unspecified atom stereocenters. The van der Waals surface area contributed by atoms with Crippen LogP contribution in [-0.2, 0) is 4.74 Å². The summed E-state index contributed by atoms with van der Waals surface area (Å²) in [6.45, 7) is 4.24. The van der Waals surface area contributed by atoms with Gasteiger partial charge in [0.1, 0.15) is 29.7 Å². The fourth-order valence-corrected chi connectivity index (χ4v) is 3.15. The van der Waals surface area contributed by atoms with Gasteiger partial charge in [-0.1, -0.05) is 0 Å². The number of fused-ring (bicyclic) bond motifs is 3. The fraction of sp³-hybridized carbons (Fsp3) is 0.500. The summed E-state index contributed by atoms with van der Waals surface area (Å²) in [6, 6.07) is 1.74. The Kier molecular flexibility index (Phi) is 3.76. The summed E-state index contributed by atoms with van der Waals surface area (Å²) in [4.78, 5) is 10.7. The SMILES string of the molecule is Cc1nc(NF)c2cc(O[C@H]3CCOC3)c3c(c2n1)N(C)CCO3. The Labute approximate surface area is 138 Å². The average molecular weight is 334 g/mol. The van der Waals surface area contributed by atoms with Crippen LogP contribution in [0.4, 0.5) is 16.0 Å². The van der Waals surface area contributed by atoms with Crippen LogP contribution >= 0.6 is 0 Å². The minimum absolute atomic E-state index is 0.0319. The molecule has 2 aliphatic rings. The maximum atomic E-state index is 13.3. The molecule has 1 fully saturated rings. The number of ether oxygens (including phenoxy) is 3. The monoisotopic (exact) mass is 334 g/mol. The molecule has 1 saturated heterocycles. The molecule has 1 atom stereocenters. The molecule has 1 aromatic heterocycles. The highest BCUT2D eigenvalue weighted by Gasteiger charge is 2.28. The number of aromatic nitrogens is 2. The number of hydrogen-bond donors (Lipinski definition) is 1. The van der Waals surface area contributed by atoms with Gasteiger partial charge < -0.3 is 19.1 Å². The van der Waals surface area contributed by atoms with Crippen LogP contribution in [0.5, 0.6) is 11.5 Å². The van der Waals surface area contributed by atoms with E-state index in [4.69, 9.17) is 14.2 Å². The zero-order valence-electron chi connectivity index (χ0n) is 13.6. The van der Waals surface area contributed by atoms with E-state index < -0.39 is 0 Å². The predicted octanol–water partition coefficient (Wildman–Crippen LogP) is 2.23. The van der Waals surface area contributed by atoms with Gasteiger partial charge in [-0.3, -0.25) is 0 Å². The summed E-state index contributed by atoms with van der Waals surface area (Å²) in [7, 11) is 1.96. The van der Waals surface area contributed by atoms with Crippen molar-refractivity contribution in [2.75, 3.05) is 43.9 Å². The van der Waals surface area contributed by atoms with Crippen LogP contribution in [0.15, 0.2) is 6.07 Å². The number of aryl methyl sites for hydroxylation is 1. The Morgan fingerprint density at radius 3 is 3.00 bits per heavy atom. The van der Waals surface area contributed by atoms with Gasteiger partial charge >= 0.3 is 0 Å². The van der Waals surface area contributed by atoms with E-state index in [-0.39, 0.29) is 11.9 Å². The van der Waals surface area contributed by atoms with Crippen LogP contribution in [-0.4, -0.2) is 49.5 Å². The van der Waals surface area contributed by atoms with Crippen molar-refractivity contribution in [1.29, 1.82) is 0 Å². The number of anilines is 2. The third-order valence-corrected chi connectivity index (χ3v) is 4.32. The largest absolute Gasteiger partial charge is 0.486 e. The van der Waals surface area contributed by atoms with Crippen LogP contribution in [0, 0.1) is 6.92 Å². The molecule has 0 radical (unpaired) electrons. The Balaban J connectivity index is 1.93. The topological polar surface area (TPSA) is 68.7 Å². The molecule has 8 heteroatoms. The van der Waals surface area contributed by atoms with Gasteiger partial charge in [-0.15, -0.1) is 4.48 Å². The Morgan fingerprint density at radius 2 is 2.25 bits per heavy atom. The second-order valence-electron chi connectivity index (χ2n) is 6.04. The highest BCUT2D eigenvalue weighted by Crippen LogP contribution is 2.46. The molecule has 0 saturated carbocycles. The predicted molar refractivity (Wildman–Crippen MR) is 87.6 cm³/mol. The van der Waals surface area contributed by atoms with E-state index in [1.54, 1.807) is 18.5 Å². The molecule has 0 amide bonds. The van der Waals surface area contributed by atoms with Gasteiger partial charge in [-0.05, 0) is 13.0 Å². The molecule has 24 heavy (non-hydrogen) atoms. The number of benzene rings is 1. The van der Waals surface area contributed by atoms with E-state index in [1.807, 2.05) is 11.9 Å². The molecule has 0 bridgehead atoms. The zero-order valence-corrected chi connectivity index (χ0v) is 13.6. The van der Waals surface area contributed by atoms with E-state index in [9.17, 15) is 4.48 Å². The number of halogens is 1. The first-order chi connectivity index (χ1) is 11.7. The van der Waals surface area contributed by atoms with Gasteiger partial charge in [0.05, 0.1) is 25.1 Å². The Bertz CT molecular complexity index is 780. The van der Waals surface area contributed by atoms with Gasteiger partial charge in [0.25, 0.3) is 0 Å². The lowest BCUT2D eigenvalue weighted by Gasteiger charge is -2.30. The summed E-state index contributed by atoms with van der Waals surface area (Å²) in [5.41, 5.74) is 3.11. The lowest BCUT2D eigenvalue weighted by Crippen LogP contribution is -2.30. The first-order valence-electron chi connectivity index (χ1n) is 7.97. The first-order valence-corrected chi connectivity index (χ1v) is 7.97. The molecule has 0 spiro atoms. The number of likely N-dealkylation sites (N-methyl/N-ethyl adjacent to an activating group) is 1. The standard InChI is InChI=1S/C16H19FN4O3/c1-9-18-13-11(16(19-9)20-17)7-12(24-10-3-5-22-8-10)15-14(13)21(2)4-6-23-15/h7,10H,3-6,8H2,1-2H3,(H,18,19,20)/t10-/m0/s1. The van der Waals surface area contributed by atoms with Crippen LogP contribution in [0.25, 0.3) is 10.9 Å². The smallest absolute Gasteiger partial charge is 0.186 e. The summed E-state index contributed by atoms with van der Waals surface area (Å²) in [5, 5.41) is 0.563. The molecule has 0 aliphatic carbocycles. The van der Waals surface area contributed by atoms with Crippen LogP contribution in [0.2, 0.25) is 0 Å². The van der Waals surface area contributed by atoms with Crippen molar-refractivity contribution in [3.05, 3.63) is 11.9 Å². The number of nitrogens with one attached hydrogen (secondary N) is 1. The summed E-state index contributed by atoms with van der Waals surface area (Å²) >= 11 is 0. The van der Waals surface area contributed by atoms with Crippen molar-refractivity contribution in [1.82, 2.24) is 9.97 Å². The van der Waals surface area contributed by atoms with Crippen LogP contribution in [0.1, 0.15) is 12.2 Å². The number of nitrogens with zero attached hydrogens (tertiary/aromatic N) is 3. The van der Waals surface area contributed by atoms with Crippen molar-refractivity contribution in [3.63, 3.8) is 0 Å². The quantitative estimate of drug-likeness (QED) is 0.863. The van der Waals surface area contributed by atoms with Gasteiger partial charge in [0.15, 0.2) is 17.3 Å². The lowest BCUT2D eigenvalue weighted by molar-refractivity contribution is 0.137. The molecule has 3 heterocycles. The van der Waals surface area contributed by atoms with Gasteiger partial charge in [-0.25, -0.2) is 15.5 Å². The van der Waals surface area contributed by atoms with Crippen LogP contribution in [0.3, 0.4) is 0 Å². The molecule has 1 N–H and O–H groups in total. The third-order valence-electron chi connectivity index (χ3n) is 4.32. The first kappa shape index (κ1) is 15.2.